The van der Waals surface area contributed by atoms with Crippen molar-refractivity contribution in [3.05, 3.63) is 0 Å². The molecule has 0 unspecified atom stereocenters. The van der Waals surface area contributed by atoms with Crippen LogP contribution in [0.3, 0.4) is 0 Å². The van der Waals surface area contributed by atoms with Crippen LogP contribution >= 0.6 is 12.4 Å². The second kappa shape index (κ2) is 13.6. The van der Waals surface area contributed by atoms with Gasteiger partial charge >= 0.3 is 6.09 Å². The van der Waals surface area contributed by atoms with Gasteiger partial charge in [0.2, 0.25) is 0 Å². The van der Waals surface area contributed by atoms with Crippen molar-refractivity contribution < 1.29 is 19.4 Å². The summed E-state index contributed by atoms with van der Waals surface area (Å²) in [6.07, 6.45) is 4.34. The molecule has 0 aromatic rings. The van der Waals surface area contributed by atoms with Gasteiger partial charge in [-0.1, -0.05) is 0 Å². The Bertz CT molecular complexity index is 371. The maximum absolute atomic E-state index is 11.7. The summed E-state index contributed by atoms with van der Waals surface area (Å²) in [4.78, 5) is 13.4. The van der Waals surface area contributed by atoms with E-state index in [0.29, 0.717) is 6.54 Å². The van der Waals surface area contributed by atoms with Gasteiger partial charge in [-0.3, -0.25) is 0 Å². The van der Waals surface area contributed by atoms with Crippen molar-refractivity contribution in [2.75, 3.05) is 46.0 Å². The Hall–Kier alpha value is -0.560. The number of carbonyl (C=O) groups excluding carboxylic acids is 1. The van der Waals surface area contributed by atoms with E-state index in [9.17, 15) is 4.79 Å². The number of piperidine rings is 2. The molecule has 2 heterocycles. The predicted molar refractivity (Wildman–Crippen MR) is 107 cm³/mol. The molecule has 0 saturated carbocycles. The molecule has 2 atom stereocenters. The fourth-order valence-corrected chi connectivity index (χ4v) is 3.06. The monoisotopic (exact) mass is 394 g/mol. The van der Waals surface area contributed by atoms with Crippen LogP contribution in [0.1, 0.15) is 53.4 Å². The first-order chi connectivity index (χ1) is 11.9. The normalized spacial score (nSPS) is 23.3. The van der Waals surface area contributed by atoms with E-state index in [4.69, 9.17) is 14.6 Å². The highest BCUT2D eigenvalue weighted by molar-refractivity contribution is 5.85. The molecular formula is C19H39ClN2O4. The Morgan fingerprint density at radius 3 is 2.46 bits per heavy atom. The molecular weight excluding hydrogens is 356 g/mol. The van der Waals surface area contributed by atoms with Crippen LogP contribution in [0.25, 0.3) is 0 Å². The maximum Gasteiger partial charge on any atom is 0.410 e. The van der Waals surface area contributed by atoms with E-state index < -0.39 is 5.60 Å². The fraction of sp³-hybridized carbons (Fsp3) is 0.947. The molecule has 6 nitrogen and oxygen atoms in total. The van der Waals surface area contributed by atoms with Crippen LogP contribution in [0.15, 0.2) is 0 Å². The molecule has 0 aromatic heterocycles. The highest BCUT2D eigenvalue weighted by Crippen LogP contribution is 2.18. The van der Waals surface area contributed by atoms with Gasteiger partial charge in [-0.25, -0.2) is 4.79 Å². The summed E-state index contributed by atoms with van der Waals surface area (Å²) in [5.41, 5.74) is -0.441. The highest BCUT2D eigenvalue weighted by Gasteiger charge is 2.27. The first kappa shape index (κ1) is 25.4. The van der Waals surface area contributed by atoms with Gasteiger partial charge in [0, 0.05) is 32.8 Å². The molecule has 0 aliphatic carbocycles. The number of aliphatic hydroxyl groups excluding tert-OH is 1. The third kappa shape index (κ3) is 11.2. The average Bonchev–Trinajstić information content (AvgIpc) is 2.60. The number of halogens is 1. The Balaban J connectivity index is 0.000000497. The van der Waals surface area contributed by atoms with Gasteiger partial charge < -0.3 is 24.8 Å². The lowest BCUT2D eigenvalue weighted by Gasteiger charge is -2.33. The van der Waals surface area contributed by atoms with E-state index in [1.165, 1.54) is 19.4 Å². The number of rotatable bonds is 4. The van der Waals surface area contributed by atoms with Crippen molar-refractivity contribution >= 4 is 18.5 Å². The van der Waals surface area contributed by atoms with Crippen LogP contribution < -0.4 is 5.32 Å². The lowest BCUT2D eigenvalue weighted by Crippen LogP contribution is -2.43. The average molecular weight is 395 g/mol. The Morgan fingerprint density at radius 2 is 1.92 bits per heavy atom. The van der Waals surface area contributed by atoms with Crippen molar-refractivity contribution in [2.24, 2.45) is 11.8 Å². The molecule has 0 spiro atoms. The third-order valence-electron chi connectivity index (χ3n) is 4.39. The van der Waals surface area contributed by atoms with E-state index in [1.807, 2.05) is 20.8 Å². The first-order valence-electron chi connectivity index (χ1n) is 9.73. The van der Waals surface area contributed by atoms with Gasteiger partial charge in [-0.2, -0.15) is 0 Å². The molecule has 1 amide bonds. The van der Waals surface area contributed by atoms with E-state index >= 15 is 0 Å². The zero-order valence-electron chi connectivity index (χ0n) is 17.0. The van der Waals surface area contributed by atoms with Gasteiger partial charge in [-0.15, -0.1) is 12.4 Å². The van der Waals surface area contributed by atoms with Crippen LogP contribution in [0.5, 0.6) is 0 Å². The minimum absolute atomic E-state index is 0. The molecule has 2 saturated heterocycles. The number of aliphatic hydroxyl groups is 1. The minimum Gasteiger partial charge on any atom is -0.444 e. The van der Waals surface area contributed by atoms with Crippen molar-refractivity contribution in [1.29, 1.82) is 0 Å². The number of carbonyl (C=O) groups is 1. The van der Waals surface area contributed by atoms with E-state index in [-0.39, 0.29) is 31.0 Å². The van der Waals surface area contributed by atoms with Gasteiger partial charge in [0.25, 0.3) is 0 Å². The molecule has 2 aliphatic rings. The third-order valence-corrected chi connectivity index (χ3v) is 4.39. The second-order valence-electron chi connectivity index (χ2n) is 7.99. The number of hydrogen-bond donors (Lipinski definition) is 2. The van der Waals surface area contributed by atoms with Crippen molar-refractivity contribution in [3.8, 4) is 0 Å². The summed E-state index contributed by atoms with van der Waals surface area (Å²) in [7, 11) is 0. The van der Waals surface area contributed by atoms with Crippen LogP contribution in [0.4, 0.5) is 4.79 Å². The zero-order valence-corrected chi connectivity index (χ0v) is 17.8. The lowest BCUT2D eigenvalue weighted by molar-refractivity contribution is 0.0132. The molecule has 2 fully saturated rings. The SMILES string of the molecule is CC(C)(C)OC(=O)N1CCC[C@H](CO)C1.CCOC[C@H]1CCCNC1.Cl. The molecule has 0 radical (unpaired) electrons. The second-order valence-corrected chi connectivity index (χ2v) is 7.99. The Morgan fingerprint density at radius 1 is 1.23 bits per heavy atom. The molecule has 0 aromatic carbocycles. The summed E-state index contributed by atoms with van der Waals surface area (Å²) in [6, 6.07) is 0. The smallest absolute Gasteiger partial charge is 0.410 e. The summed E-state index contributed by atoms with van der Waals surface area (Å²) < 4.78 is 10.6. The summed E-state index contributed by atoms with van der Waals surface area (Å²) in [5, 5.41) is 12.4. The minimum atomic E-state index is -0.441. The molecule has 26 heavy (non-hydrogen) atoms. The summed E-state index contributed by atoms with van der Waals surface area (Å²) in [6.45, 7) is 13.3. The fourth-order valence-electron chi connectivity index (χ4n) is 3.06. The number of hydrogen-bond acceptors (Lipinski definition) is 5. The summed E-state index contributed by atoms with van der Waals surface area (Å²) in [5.74, 6) is 0.986. The van der Waals surface area contributed by atoms with Gasteiger partial charge in [-0.05, 0) is 71.8 Å². The van der Waals surface area contributed by atoms with E-state index in [2.05, 4.69) is 12.2 Å². The van der Waals surface area contributed by atoms with Crippen molar-refractivity contribution in [3.63, 3.8) is 0 Å². The standard InChI is InChI=1S/C11H21NO3.C8H17NO.ClH/c1-11(2,3)15-10(14)12-6-4-5-9(7-12)8-13;1-2-10-7-8-4-3-5-9-6-8;/h9,13H,4-8H2,1-3H3;8-9H,2-7H2,1H3;1H/t9-;8-;/m00./s1. The molecule has 7 heteroatoms. The van der Waals surface area contributed by atoms with Crippen molar-refractivity contribution in [2.45, 2.75) is 59.0 Å². The zero-order chi connectivity index (χ0) is 18.7. The topological polar surface area (TPSA) is 71.0 Å². The number of nitrogens with one attached hydrogen (secondary N) is 1. The van der Waals surface area contributed by atoms with Gasteiger partial charge in [0.15, 0.2) is 0 Å². The molecule has 2 rings (SSSR count). The molecule has 2 N–H and O–H groups in total. The molecule has 0 bridgehead atoms. The number of nitrogens with zero attached hydrogens (tertiary/aromatic N) is 1. The quantitative estimate of drug-likeness (QED) is 0.766. The number of amides is 1. The maximum atomic E-state index is 11.7. The van der Waals surface area contributed by atoms with Crippen LogP contribution in [-0.4, -0.2) is 67.7 Å². The number of likely N-dealkylation sites (tertiary alicyclic amines) is 1. The van der Waals surface area contributed by atoms with E-state index in [0.717, 1.165) is 45.1 Å². The highest BCUT2D eigenvalue weighted by atomic mass is 35.5. The van der Waals surface area contributed by atoms with Gasteiger partial charge in [0.1, 0.15) is 5.60 Å². The predicted octanol–water partition coefficient (Wildman–Crippen LogP) is 3.07. The first-order valence-corrected chi connectivity index (χ1v) is 9.73. The largest absolute Gasteiger partial charge is 0.444 e. The van der Waals surface area contributed by atoms with Crippen LogP contribution in [0, 0.1) is 11.8 Å². The molecule has 2 aliphatic heterocycles. The van der Waals surface area contributed by atoms with Crippen LogP contribution in [-0.2, 0) is 9.47 Å². The number of ether oxygens (including phenoxy) is 2. The summed E-state index contributed by atoms with van der Waals surface area (Å²) >= 11 is 0. The van der Waals surface area contributed by atoms with Crippen LogP contribution in [0.2, 0.25) is 0 Å². The Kier molecular flexibility index (Phi) is 13.3. The van der Waals surface area contributed by atoms with Crippen molar-refractivity contribution in [1.82, 2.24) is 10.2 Å². The Labute approximate surface area is 165 Å². The van der Waals surface area contributed by atoms with E-state index in [1.54, 1.807) is 4.90 Å². The lowest BCUT2D eigenvalue weighted by atomic mass is 9.99. The van der Waals surface area contributed by atoms with Gasteiger partial charge in [0.05, 0.1) is 6.61 Å². The molecule has 156 valence electrons.